The van der Waals surface area contributed by atoms with Gasteiger partial charge in [0, 0.05) is 19.5 Å². The van der Waals surface area contributed by atoms with Gasteiger partial charge in [-0.3, -0.25) is 4.79 Å². The molecule has 6 nitrogen and oxygen atoms in total. The van der Waals surface area contributed by atoms with Crippen molar-refractivity contribution in [2.45, 2.75) is 32.8 Å². The fraction of sp³-hybridized carbons (Fsp3) is 0.471. The lowest BCUT2D eigenvalue weighted by molar-refractivity contribution is -0.120. The van der Waals surface area contributed by atoms with Crippen molar-refractivity contribution in [3.63, 3.8) is 0 Å². The molecule has 0 bridgehead atoms. The maximum Gasteiger partial charge on any atom is 0.410 e. The van der Waals surface area contributed by atoms with Crippen LogP contribution < -0.4 is 5.01 Å². The number of hydrogen-bond acceptors (Lipinski definition) is 4. The van der Waals surface area contributed by atoms with Crippen molar-refractivity contribution in [1.82, 2.24) is 4.90 Å². The van der Waals surface area contributed by atoms with Gasteiger partial charge in [-0.2, -0.15) is 5.10 Å². The number of likely N-dealkylation sites (tertiary alicyclic amines) is 1. The molecule has 0 radical (unpaired) electrons. The average molecular weight is 315 g/mol. The topological polar surface area (TPSA) is 62.2 Å². The summed E-state index contributed by atoms with van der Waals surface area (Å²) in [6, 6.07) is 9.35. The highest BCUT2D eigenvalue weighted by atomic mass is 16.6. The summed E-state index contributed by atoms with van der Waals surface area (Å²) in [5, 5.41) is 5.89. The Balaban J connectivity index is 1.72. The summed E-state index contributed by atoms with van der Waals surface area (Å²) in [5.41, 5.74) is 1.06. The number of carbonyl (C=O) groups is 2. The van der Waals surface area contributed by atoms with E-state index in [4.69, 9.17) is 4.74 Å². The van der Waals surface area contributed by atoms with E-state index in [-0.39, 0.29) is 17.9 Å². The van der Waals surface area contributed by atoms with Gasteiger partial charge in [0.2, 0.25) is 0 Å². The van der Waals surface area contributed by atoms with Crippen LogP contribution in [0.15, 0.2) is 35.4 Å². The van der Waals surface area contributed by atoms with E-state index < -0.39 is 5.60 Å². The monoisotopic (exact) mass is 315 g/mol. The standard InChI is InChI=1S/C17H21N3O3/c1-17(2,3)23-16(22)19-10-9-14-13(11-19)15(21)20(18-14)12-7-5-4-6-8-12/h4-8,13H,9-11H2,1-3H3. The van der Waals surface area contributed by atoms with Crippen molar-refractivity contribution in [3.05, 3.63) is 30.3 Å². The highest BCUT2D eigenvalue weighted by molar-refractivity contribution is 6.16. The molecule has 2 amide bonds. The Hall–Kier alpha value is -2.37. The second-order valence-corrected chi connectivity index (χ2v) is 6.81. The maximum absolute atomic E-state index is 12.6. The average Bonchev–Trinajstić information content (AvgIpc) is 2.83. The summed E-state index contributed by atoms with van der Waals surface area (Å²) >= 11 is 0. The van der Waals surface area contributed by atoms with Gasteiger partial charge in [-0.15, -0.1) is 0 Å². The number of anilines is 1. The van der Waals surface area contributed by atoms with Gasteiger partial charge in [0.25, 0.3) is 5.91 Å². The fourth-order valence-corrected chi connectivity index (χ4v) is 2.75. The van der Waals surface area contributed by atoms with Crippen molar-refractivity contribution in [3.8, 4) is 0 Å². The predicted molar refractivity (Wildman–Crippen MR) is 87.3 cm³/mol. The van der Waals surface area contributed by atoms with Gasteiger partial charge in [-0.05, 0) is 32.9 Å². The highest BCUT2D eigenvalue weighted by Gasteiger charge is 2.42. The molecule has 6 heteroatoms. The molecule has 1 fully saturated rings. The maximum atomic E-state index is 12.6. The van der Waals surface area contributed by atoms with Gasteiger partial charge in [0.15, 0.2) is 0 Å². The third-order valence-electron chi connectivity index (χ3n) is 3.83. The summed E-state index contributed by atoms with van der Waals surface area (Å²) in [6.45, 7) is 6.36. The second-order valence-electron chi connectivity index (χ2n) is 6.81. The van der Waals surface area contributed by atoms with Crippen LogP contribution in [0.1, 0.15) is 27.2 Å². The van der Waals surface area contributed by atoms with Crippen LogP contribution in [0.4, 0.5) is 10.5 Å². The molecular formula is C17H21N3O3. The quantitative estimate of drug-likeness (QED) is 0.800. The largest absolute Gasteiger partial charge is 0.444 e. The molecule has 3 rings (SSSR count). The minimum atomic E-state index is -0.540. The van der Waals surface area contributed by atoms with Gasteiger partial charge >= 0.3 is 6.09 Å². The molecule has 1 aromatic carbocycles. The molecule has 0 saturated carbocycles. The van der Waals surface area contributed by atoms with Crippen LogP contribution >= 0.6 is 0 Å². The number of hydrazone groups is 1. The molecule has 122 valence electrons. The highest BCUT2D eigenvalue weighted by Crippen LogP contribution is 2.28. The first-order valence-corrected chi connectivity index (χ1v) is 7.79. The number of amides is 2. The summed E-state index contributed by atoms with van der Waals surface area (Å²) in [4.78, 5) is 26.4. The number of rotatable bonds is 1. The molecule has 0 spiro atoms. The lowest BCUT2D eigenvalue weighted by Gasteiger charge is -2.32. The zero-order valence-corrected chi connectivity index (χ0v) is 13.7. The number of fused-ring (bicyclic) bond motifs is 1. The Morgan fingerprint density at radius 2 is 1.96 bits per heavy atom. The van der Waals surface area contributed by atoms with Crippen molar-refractivity contribution in [2.24, 2.45) is 11.0 Å². The number of piperidine rings is 1. The van der Waals surface area contributed by atoms with E-state index in [9.17, 15) is 9.59 Å². The normalized spacial score (nSPS) is 21.1. The number of carbonyl (C=O) groups excluding carboxylic acids is 2. The zero-order valence-electron chi connectivity index (χ0n) is 13.7. The van der Waals surface area contributed by atoms with Gasteiger partial charge in [-0.25, -0.2) is 9.80 Å². The first kappa shape index (κ1) is 15.5. The van der Waals surface area contributed by atoms with Crippen molar-refractivity contribution in [2.75, 3.05) is 18.1 Å². The molecule has 0 aliphatic carbocycles. The molecule has 2 heterocycles. The fourth-order valence-electron chi connectivity index (χ4n) is 2.75. The van der Waals surface area contributed by atoms with Gasteiger partial charge in [0.05, 0.1) is 17.3 Å². The van der Waals surface area contributed by atoms with Crippen molar-refractivity contribution < 1.29 is 14.3 Å². The number of nitrogens with zero attached hydrogens (tertiary/aromatic N) is 3. The zero-order chi connectivity index (χ0) is 16.6. The molecule has 0 aromatic heterocycles. The smallest absolute Gasteiger partial charge is 0.410 e. The summed E-state index contributed by atoms with van der Waals surface area (Å²) in [5.74, 6) is -0.448. The molecule has 23 heavy (non-hydrogen) atoms. The Morgan fingerprint density at radius 1 is 1.26 bits per heavy atom. The van der Waals surface area contributed by atoms with E-state index in [0.29, 0.717) is 19.5 Å². The van der Waals surface area contributed by atoms with E-state index in [0.717, 1.165) is 11.4 Å². The van der Waals surface area contributed by atoms with Gasteiger partial charge in [-0.1, -0.05) is 18.2 Å². The minimum Gasteiger partial charge on any atom is -0.444 e. The van der Waals surface area contributed by atoms with E-state index in [1.165, 1.54) is 5.01 Å². The third kappa shape index (κ3) is 3.21. The molecule has 1 aromatic rings. The van der Waals surface area contributed by atoms with E-state index in [1.807, 2.05) is 51.1 Å². The minimum absolute atomic E-state index is 0.0838. The summed E-state index contributed by atoms with van der Waals surface area (Å²) < 4.78 is 5.39. The Morgan fingerprint density at radius 3 is 2.61 bits per heavy atom. The Labute approximate surface area is 135 Å². The Bertz CT molecular complexity index is 649. The van der Waals surface area contributed by atoms with E-state index >= 15 is 0 Å². The second kappa shape index (κ2) is 5.68. The van der Waals surface area contributed by atoms with Crippen LogP contribution in [-0.2, 0) is 9.53 Å². The summed E-state index contributed by atoms with van der Waals surface area (Å²) in [6.07, 6.45) is 0.224. The van der Waals surface area contributed by atoms with Crippen LogP contribution in [0.2, 0.25) is 0 Å². The lowest BCUT2D eigenvalue weighted by Crippen LogP contribution is -2.47. The Kier molecular flexibility index (Phi) is 3.83. The SMILES string of the molecule is CC(C)(C)OC(=O)N1CCC2=NN(c3ccccc3)C(=O)C2C1. The van der Waals surface area contributed by atoms with Crippen LogP contribution in [0.25, 0.3) is 0 Å². The molecule has 0 N–H and O–H groups in total. The lowest BCUT2D eigenvalue weighted by atomic mass is 9.96. The van der Waals surface area contributed by atoms with Crippen LogP contribution in [-0.4, -0.2) is 41.3 Å². The van der Waals surface area contributed by atoms with Crippen molar-refractivity contribution in [1.29, 1.82) is 0 Å². The molecular weight excluding hydrogens is 294 g/mol. The van der Waals surface area contributed by atoms with Crippen molar-refractivity contribution >= 4 is 23.4 Å². The molecule has 1 saturated heterocycles. The predicted octanol–water partition coefficient (Wildman–Crippen LogP) is 2.65. The van der Waals surface area contributed by atoms with Gasteiger partial charge < -0.3 is 9.64 Å². The number of benzene rings is 1. The van der Waals surface area contributed by atoms with Gasteiger partial charge in [0.1, 0.15) is 5.60 Å². The van der Waals surface area contributed by atoms with Crippen LogP contribution in [0.5, 0.6) is 0 Å². The number of para-hydroxylation sites is 1. The third-order valence-corrected chi connectivity index (χ3v) is 3.83. The van der Waals surface area contributed by atoms with E-state index in [2.05, 4.69) is 5.10 Å². The molecule has 2 aliphatic rings. The van der Waals surface area contributed by atoms with E-state index in [1.54, 1.807) is 4.90 Å². The van der Waals surface area contributed by atoms with Crippen LogP contribution in [0, 0.1) is 5.92 Å². The van der Waals surface area contributed by atoms with Crippen LogP contribution in [0.3, 0.4) is 0 Å². The molecule has 1 atom stereocenters. The summed E-state index contributed by atoms with van der Waals surface area (Å²) in [7, 11) is 0. The molecule has 1 unspecified atom stereocenters. The number of ether oxygens (including phenoxy) is 1. The first-order valence-electron chi connectivity index (χ1n) is 7.79. The number of hydrogen-bond donors (Lipinski definition) is 0. The first-order chi connectivity index (χ1) is 10.8. The molecule has 2 aliphatic heterocycles.